The third kappa shape index (κ3) is 3.68. The van der Waals surface area contributed by atoms with E-state index in [0.717, 1.165) is 5.69 Å². The Bertz CT molecular complexity index is 768. The van der Waals surface area contributed by atoms with Gasteiger partial charge in [0.25, 0.3) is 0 Å². The van der Waals surface area contributed by atoms with Crippen molar-refractivity contribution in [2.45, 2.75) is 13.0 Å². The molecule has 5 nitrogen and oxygen atoms in total. The van der Waals surface area contributed by atoms with Crippen molar-refractivity contribution < 1.29 is 9.59 Å². The summed E-state index contributed by atoms with van der Waals surface area (Å²) < 4.78 is 0. The molecule has 0 bridgehead atoms. The highest BCUT2D eigenvalue weighted by Gasteiger charge is 2.35. The predicted molar refractivity (Wildman–Crippen MR) is 93.0 cm³/mol. The van der Waals surface area contributed by atoms with Gasteiger partial charge in [0.2, 0.25) is 11.8 Å². The second-order valence-electron chi connectivity index (χ2n) is 5.54. The van der Waals surface area contributed by atoms with Gasteiger partial charge in [0, 0.05) is 24.2 Å². The molecular weight excluding hydrogens is 349 g/mol. The van der Waals surface area contributed by atoms with Crippen LogP contribution in [0.2, 0.25) is 10.0 Å². The molecule has 1 atom stereocenters. The summed E-state index contributed by atoms with van der Waals surface area (Å²) in [5.41, 5.74) is 1.30. The molecule has 0 radical (unpaired) electrons. The van der Waals surface area contributed by atoms with Crippen molar-refractivity contribution in [2.75, 3.05) is 11.4 Å². The van der Waals surface area contributed by atoms with Crippen molar-refractivity contribution in [3.63, 3.8) is 0 Å². The number of nitrogens with one attached hydrogen (secondary N) is 1. The highest BCUT2D eigenvalue weighted by molar-refractivity contribution is 6.35. The lowest BCUT2D eigenvalue weighted by atomic mass is 10.1. The first-order valence-electron chi connectivity index (χ1n) is 7.47. The topological polar surface area (TPSA) is 62.3 Å². The summed E-state index contributed by atoms with van der Waals surface area (Å²) in [6.07, 6.45) is 1.82. The third-order valence-corrected chi connectivity index (χ3v) is 4.42. The van der Waals surface area contributed by atoms with Crippen LogP contribution in [0.15, 0.2) is 42.6 Å². The lowest BCUT2D eigenvalue weighted by molar-refractivity contribution is -0.126. The van der Waals surface area contributed by atoms with Gasteiger partial charge in [-0.25, -0.2) is 0 Å². The van der Waals surface area contributed by atoms with Gasteiger partial charge in [-0.05, 0) is 30.3 Å². The number of benzene rings is 1. The van der Waals surface area contributed by atoms with Gasteiger partial charge in [0.05, 0.1) is 28.9 Å². The van der Waals surface area contributed by atoms with Gasteiger partial charge in [-0.2, -0.15) is 0 Å². The van der Waals surface area contributed by atoms with Gasteiger partial charge in [0.1, 0.15) is 0 Å². The van der Waals surface area contributed by atoms with Crippen LogP contribution in [0.4, 0.5) is 5.69 Å². The van der Waals surface area contributed by atoms with Crippen LogP contribution in [0.25, 0.3) is 0 Å². The van der Waals surface area contributed by atoms with Crippen LogP contribution in [-0.4, -0.2) is 23.3 Å². The number of carbonyl (C=O) groups excluding carboxylic acids is 2. The van der Waals surface area contributed by atoms with Gasteiger partial charge >= 0.3 is 0 Å². The van der Waals surface area contributed by atoms with Crippen molar-refractivity contribution >= 4 is 40.7 Å². The molecule has 3 rings (SSSR count). The summed E-state index contributed by atoms with van der Waals surface area (Å²) in [7, 11) is 0. The zero-order valence-electron chi connectivity index (χ0n) is 12.7. The highest BCUT2D eigenvalue weighted by Crippen LogP contribution is 2.33. The van der Waals surface area contributed by atoms with Crippen LogP contribution in [0.3, 0.4) is 0 Å². The van der Waals surface area contributed by atoms with Crippen LogP contribution < -0.4 is 10.2 Å². The molecule has 24 heavy (non-hydrogen) atoms. The first-order valence-corrected chi connectivity index (χ1v) is 8.23. The summed E-state index contributed by atoms with van der Waals surface area (Å²) in [5, 5.41) is 3.74. The number of pyridine rings is 1. The largest absolute Gasteiger partial charge is 0.350 e. The molecule has 2 amide bonds. The zero-order chi connectivity index (χ0) is 17.1. The molecular formula is C17H15Cl2N3O2. The molecule has 1 aromatic carbocycles. The Labute approximate surface area is 149 Å². The van der Waals surface area contributed by atoms with Crippen molar-refractivity contribution in [3.8, 4) is 0 Å². The van der Waals surface area contributed by atoms with Crippen molar-refractivity contribution in [1.82, 2.24) is 10.3 Å². The molecule has 1 fully saturated rings. The Hall–Kier alpha value is -2.11. The lowest BCUT2D eigenvalue weighted by Crippen LogP contribution is -2.32. The number of hydrogen-bond acceptors (Lipinski definition) is 3. The van der Waals surface area contributed by atoms with Gasteiger partial charge in [0.15, 0.2) is 0 Å². The van der Waals surface area contributed by atoms with Crippen LogP contribution in [0, 0.1) is 5.92 Å². The molecule has 1 unspecified atom stereocenters. The second kappa shape index (κ2) is 7.20. The standard InChI is InChI=1S/C17H15Cl2N3O2/c18-12-4-5-14(19)15(8-12)22-10-11(7-16(22)23)17(24)21-9-13-3-1-2-6-20-13/h1-6,8,11H,7,9-10H2,(H,21,24). The maximum Gasteiger partial charge on any atom is 0.227 e. The van der Waals surface area contributed by atoms with E-state index in [2.05, 4.69) is 10.3 Å². The van der Waals surface area contributed by atoms with Crippen LogP contribution in [0.5, 0.6) is 0 Å². The summed E-state index contributed by atoms with van der Waals surface area (Å²) in [4.78, 5) is 30.2. The summed E-state index contributed by atoms with van der Waals surface area (Å²) >= 11 is 12.1. The molecule has 1 aliphatic heterocycles. The highest BCUT2D eigenvalue weighted by atomic mass is 35.5. The molecule has 2 aromatic rings. The van der Waals surface area contributed by atoms with Crippen LogP contribution in [-0.2, 0) is 16.1 Å². The average molecular weight is 364 g/mol. The van der Waals surface area contributed by atoms with E-state index in [1.807, 2.05) is 18.2 Å². The van der Waals surface area contributed by atoms with E-state index in [4.69, 9.17) is 23.2 Å². The number of aromatic nitrogens is 1. The third-order valence-electron chi connectivity index (χ3n) is 3.86. The molecule has 2 heterocycles. The van der Waals surface area contributed by atoms with Gasteiger partial charge in [-0.1, -0.05) is 29.3 Å². The number of anilines is 1. The van der Waals surface area contributed by atoms with E-state index >= 15 is 0 Å². The normalized spacial score (nSPS) is 17.2. The molecule has 0 aliphatic carbocycles. The Morgan fingerprint density at radius 1 is 1.29 bits per heavy atom. The first kappa shape index (κ1) is 16.7. The molecule has 1 saturated heterocycles. The minimum atomic E-state index is -0.420. The van der Waals surface area contributed by atoms with E-state index in [-0.39, 0.29) is 24.8 Å². The number of halogens is 2. The summed E-state index contributed by atoms with van der Waals surface area (Å²) in [5.74, 6) is -0.733. The number of hydrogen-bond donors (Lipinski definition) is 1. The molecule has 1 aliphatic rings. The van der Waals surface area contributed by atoms with E-state index in [0.29, 0.717) is 22.3 Å². The average Bonchev–Trinajstić information content (AvgIpc) is 2.97. The van der Waals surface area contributed by atoms with Crippen molar-refractivity contribution in [1.29, 1.82) is 0 Å². The Morgan fingerprint density at radius 3 is 2.88 bits per heavy atom. The van der Waals surface area contributed by atoms with Crippen LogP contribution >= 0.6 is 23.2 Å². The Morgan fingerprint density at radius 2 is 2.12 bits per heavy atom. The molecule has 7 heteroatoms. The van der Waals surface area contributed by atoms with Crippen molar-refractivity contribution in [2.24, 2.45) is 5.92 Å². The smallest absolute Gasteiger partial charge is 0.227 e. The molecule has 0 spiro atoms. The Kier molecular flexibility index (Phi) is 5.02. The van der Waals surface area contributed by atoms with Gasteiger partial charge in [-0.15, -0.1) is 0 Å². The Balaban J connectivity index is 1.66. The quantitative estimate of drug-likeness (QED) is 0.907. The molecule has 1 N–H and O–H groups in total. The van der Waals surface area contributed by atoms with Crippen LogP contribution in [0.1, 0.15) is 12.1 Å². The fourth-order valence-corrected chi connectivity index (χ4v) is 3.02. The summed E-state index contributed by atoms with van der Waals surface area (Å²) in [6, 6.07) is 10.4. The minimum Gasteiger partial charge on any atom is -0.350 e. The van der Waals surface area contributed by atoms with E-state index in [9.17, 15) is 9.59 Å². The number of amides is 2. The monoisotopic (exact) mass is 363 g/mol. The number of carbonyl (C=O) groups is 2. The number of rotatable bonds is 4. The van der Waals surface area contributed by atoms with E-state index < -0.39 is 5.92 Å². The summed E-state index contributed by atoms with van der Waals surface area (Å²) in [6.45, 7) is 0.620. The fourth-order valence-electron chi connectivity index (χ4n) is 2.63. The first-order chi connectivity index (χ1) is 11.5. The SMILES string of the molecule is O=C(NCc1ccccn1)C1CC(=O)N(c2cc(Cl)ccc2Cl)C1. The molecule has 124 valence electrons. The lowest BCUT2D eigenvalue weighted by Gasteiger charge is -2.18. The minimum absolute atomic E-state index is 0.142. The molecule has 1 aromatic heterocycles. The predicted octanol–water partition coefficient (Wildman–Crippen LogP) is 3.06. The van der Waals surface area contributed by atoms with Gasteiger partial charge in [-0.3, -0.25) is 14.6 Å². The second-order valence-corrected chi connectivity index (χ2v) is 6.38. The maximum atomic E-state index is 12.3. The van der Waals surface area contributed by atoms with E-state index in [1.54, 1.807) is 24.4 Å². The maximum absolute atomic E-state index is 12.3. The molecule has 0 saturated carbocycles. The van der Waals surface area contributed by atoms with Crippen molar-refractivity contribution in [3.05, 3.63) is 58.3 Å². The number of nitrogens with zero attached hydrogens (tertiary/aromatic N) is 2. The van der Waals surface area contributed by atoms with Gasteiger partial charge < -0.3 is 10.2 Å². The zero-order valence-corrected chi connectivity index (χ0v) is 14.2. The van der Waals surface area contributed by atoms with E-state index in [1.165, 1.54) is 4.90 Å². The fraction of sp³-hybridized carbons (Fsp3) is 0.235.